The van der Waals surface area contributed by atoms with Crippen LogP contribution in [-0.2, 0) is 32.6 Å². The maximum absolute atomic E-state index is 14.2. The molecular formula is C31H39N3O7S. The molecule has 2 aliphatic heterocycles. The lowest BCUT2D eigenvalue weighted by molar-refractivity contribution is -0.133. The molecule has 0 N–H and O–H groups in total. The Bertz CT molecular complexity index is 1460. The average molecular weight is 598 g/mol. The van der Waals surface area contributed by atoms with E-state index in [1.807, 2.05) is 51.1 Å². The number of carbonyl (C=O) groups is 1. The molecular weight excluding hydrogens is 558 g/mol. The average Bonchev–Trinajstić information content (AvgIpc) is 3.64. The van der Waals surface area contributed by atoms with Gasteiger partial charge in [0, 0.05) is 26.2 Å². The van der Waals surface area contributed by atoms with Gasteiger partial charge < -0.3 is 23.5 Å². The number of ether oxygens (including phenoxy) is 3. The summed E-state index contributed by atoms with van der Waals surface area (Å²) in [6.07, 6.45) is 2.15. The highest BCUT2D eigenvalue weighted by molar-refractivity contribution is 7.89. The second-order valence-corrected chi connectivity index (χ2v) is 12.8. The van der Waals surface area contributed by atoms with E-state index in [2.05, 4.69) is 4.90 Å². The number of rotatable bonds is 12. The number of fused-ring (bicyclic) bond motifs is 1. The molecule has 1 aromatic heterocycles. The Kier molecular flexibility index (Phi) is 9.52. The molecule has 10 nitrogen and oxygen atoms in total. The Morgan fingerprint density at radius 1 is 0.952 bits per heavy atom. The van der Waals surface area contributed by atoms with Crippen molar-refractivity contribution in [1.82, 2.24) is 14.1 Å². The summed E-state index contributed by atoms with van der Waals surface area (Å²) in [7, 11) is -3.97. The molecule has 11 heteroatoms. The van der Waals surface area contributed by atoms with Gasteiger partial charge in [0.2, 0.25) is 22.7 Å². The Labute approximate surface area is 247 Å². The van der Waals surface area contributed by atoms with Crippen molar-refractivity contribution in [3.63, 3.8) is 0 Å². The molecule has 3 heterocycles. The van der Waals surface area contributed by atoms with E-state index >= 15 is 0 Å². The van der Waals surface area contributed by atoms with Gasteiger partial charge in [-0.05, 0) is 74.7 Å². The zero-order chi connectivity index (χ0) is 29.7. The third-order valence-electron chi connectivity index (χ3n) is 7.59. The van der Waals surface area contributed by atoms with Crippen molar-refractivity contribution < 1.29 is 31.8 Å². The number of nitrogens with zero attached hydrogens (tertiary/aromatic N) is 3. The number of carbonyl (C=O) groups excluding carboxylic acids is 1. The summed E-state index contributed by atoms with van der Waals surface area (Å²) in [5.74, 6) is 1.57. The van der Waals surface area contributed by atoms with Crippen LogP contribution in [0.1, 0.15) is 34.4 Å². The van der Waals surface area contributed by atoms with E-state index in [1.54, 1.807) is 23.3 Å². The molecule has 5 rings (SSSR count). The minimum absolute atomic E-state index is 0.156. The van der Waals surface area contributed by atoms with Crippen molar-refractivity contribution in [3.8, 4) is 11.5 Å². The van der Waals surface area contributed by atoms with Crippen LogP contribution in [0.3, 0.4) is 0 Å². The second kappa shape index (κ2) is 13.3. The number of aryl methyl sites for hydroxylation is 3. The second-order valence-electron chi connectivity index (χ2n) is 10.9. The first kappa shape index (κ1) is 30.1. The van der Waals surface area contributed by atoms with Crippen molar-refractivity contribution in [2.45, 2.75) is 45.2 Å². The van der Waals surface area contributed by atoms with Gasteiger partial charge in [0.05, 0.1) is 37.5 Å². The first-order valence-corrected chi connectivity index (χ1v) is 15.7. The Balaban J connectivity index is 1.40. The molecule has 0 radical (unpaired) electrons. The van der Waals surface area contributed by atoms with E-state index in [4.69, 9.17) is 18.6 Å². The van der Waals surface area contributed by atoms with E-state index in [9.17, 15) is 13.2 Å². The predicted molar refractivity (Wildman–Crippen MR) is 157 cm³/mol. The van der Waals surface area contributed by atoms with Crippen LogP contribution in [0, 0.1) is 20.8 Å². The number of furan rings is 1. The topological polar surface area (TPSA) is 102 Å². The van der Waals surface area contributed by atoms with Crippen molar-refractivity contribution in [1.29, 1.82) is 0 Å². The molecule has 1 fully saturated rings. The zero-order valence-electron chi connectivity index (χ0n) is 24.5. The third kappa shape index (κ3) is 7.15. The summed E-state index contributed by atoms with van der Waals surface area (Å²) >= 11 is 0. The van der Waals surface area contributed by atoms with Gasteiger partial charge in [-0.25, -0.2) is 8.42 Å². The molecule has 0 unspecified atom stereocenters. The summed E-state index contributed by atoms with van der Waals surface area (Å²) < 4.78 is 51.7. The van der Waals surface area contributed by atoms with Crippen molar-refractivity contribution in [2.75, 3.05) is 52.7 Å². The highest BCUT2D eigenvalue weighted by Crippen LogP contribution is 2.33. The number of sulfonamides is 1. The summed E-state index contributed by atoms with van der Waals surface area (Å²) in [6.45, 7) is 9.79. The summed E-state index contributed by atoms with van der Waals surface area (Å²) in [6, 6.07) is 12.9. The third-order valence-corrected chi connectivity index (χ3v) is 9.74. The predicted octanol–water partition coefficient (Wildman–Crippen LogP) is 3.88. The first-order valence-electron chi connectivity index (χ1n) is 14.3. The van der Waals surface area contributed by atoms with Crippen LogP contribution in [-0.4, -0.2) is 81.2 Å². The van der Waals surface area contributed by atoms with E-state index < -0.39 is 10.0 Å². The van der Waals surface area contributed by atoms with Gasteiger partial charge in [-0.3, -0.25) is 9.69 Å². The van der Waals surface area contributed by atoms with Crippen LogP contribution < -0.4 is 9.47 Å². The van der Waals surface area contributed by atoms with Gasteiger partial charge >= 0.3 is 0 Å². The SMILES string of the molecule is Cc1cc(C)c(S(=O)(=O)N(CCCN2CCOCC2)CC(=O)N(Cc2ccc3c(c2)OCO3)Cc2ccco2)c(C)c1. The van der Waals surface area contributed by atoms with Gasteiger partial charge in [-0.15, -0.1) is 0 Å². The van der Waals surface area contributed by atoms with Crippen LogP contribution in [0.15, 0.2) is 58.0 Å². The first-order chi connectivity index (χ1) is 20.2. The molecule has 2 aliphatic rings. The molecule has 226 valence electrons. The quantitative estimate of drug-likeness (QED) is 0.310. The van der Waals surface area contributed by atoms with Gasteiger partial charge in [-0.1, -0.05) is 23.8 Å². The standard InChI is InChI=1S/C31H39N3O7S/c1-23-16-24(2)31(25(3)17-23)42(36,37)34(10-5-9-32-11-14-38-15-12-32)21-30(35)33(20-27-6-4-13-39-27)19-26-7-8-28-29(18-26)41-22-40-28/h4,6-8,13,16-18H,5,9-12,14-15,19-22H2,1-3H3. The van der Waals surface area contributed by atoms with E-state index in [1.165, 1.54) is 4.31 Å². The fourth-order valence-corrected chi connectivity index (χ4v) is 7.46. The van der Waals surface area contributed by atoms with Crippen LogP contribution in [0.2, 0.25) is 0 Å². The molecule has 0 aliphatic carbocycles. The molecule has 1 amide bonds. The normalized spacial score (nSPS) is 15.3. The molecule has 2 aromatic carbocycles. The smallest absolute Gasteiger partial charge is 0.244 e. The highest BCUT2D eigenvalue weighted by atomic mass is 32.2. The monoisotopic (exact) mass is 597 g/mol. The van der Waals surface area contributed by atoms with Crippen LogP contribution in [0.4, 0.5) is 0 Å². The molecule has 0 spiro atoms. The maximum atomic E-state index is 14.2. The van der Waals surface area contributed by atoms with Gasteiger partial charge in [-0.2, -0.15) is 4.31 Å². The molecule has 0 bridgehead atoms. The van der Waals surface area contributed by atoms with Gasteiger partial charge in [0.15, 0.2) is 11.5 Å². The summed E-state index contributed by atoms with van der Waals surface area (Å²) in [5, 5.41) is 0. The number of hydrogen-bond donors (Lipinski definition) is 0. The van der Waals surface area contributed by atoms with Gasteiger partial charge in [0.1, 0.15) is 5.76 Å². The molecule has 42 heavy (non-hydrogen) atoms. The lowest BCUT2D eigenvalue weighted by Crippen LogP contribution is -2.44. The lowest BCUT2D eigenvalue weighted by atomic mass is 10.1. The molecule has 3 aromatic rings. The minimum Gasteiger partial charge on any atom is -0.467 e. The number of morpholine rings is 1. The van der Waals surface area contributed by atoms with E-state index in [-0.39, 0.29) is 43.8 Å². The molecule has 0 saturated carbocycles. The lowest BCUT2D eigenvalue weighted by Gasteiger charge is -2.30. The van der Waals surface area contributed by atoms with Crippen LogP contribution in [0.5, 0.6) is 11.5 Å². The largest absolute Gasteiger partial charge is 0.467 e. The maximum Gasteiger partial charge on any atom is 0.244 e. The fourth-order valence-electron chi connectivity index (χ4n) is 5.62. The highest BCUT2D eigenvalue weighted by Gasteiger charge is 2.31. The molecule has 0 atom stereocenters. The Hall–Kier alpha value is -3.38. The van der Waals surface area contributed by atoms with Crippen molar-refractivity contribution >= 4 is 15.9 Å². The minimum atomic E-state index is -3.97. The Morgan fingerprint density at radius 2 is 1.69 bits per heavy atom. The van der Waals surface area contributed by atoms with Crippen molar-refractivity contribution in [3.05, 3.63) is 76.7 Å². The van der Waals surface area contributed by atoms with E-state index in [0.717, 1.165) is 30.8 Å². The summed E-state index contributed by atoms with van der Waals surface area (Å²) in [4.78, 5) is 18.1. The van der Waals surface area contributed by atoms with Crippen LogP contribution in [0.25, 0.3) is 0 Å². The van der Waals surface area contributed by atoms with E-state index in [0.29, 0.717) is 48.0 Å². The van der Waals surface area contributed by atoms with Gasteiger partial charge in [0.25, 0.3) is 0 Å². The van der Waals surface area contributed by atoms with Crippen LogP contribution >= 0.6 is 0 Å². The summed E-state index contributed by atoms with van der Waals surface area (Å²) in [5.41, 5.74) is 3.18. The zero-order valence-corrected chi connectivity index (χ0v) is 25.3. The number of amides is 1. The fraction of sp³-hybridized carbons (Fsp3) is 0.452. The molecule has 1 saturated heterocycles. The number of hydrogen-bond acceptors (Lipinski definition) is 8. The van der Waals surface area contributed by atoms with Crippen molar-refractivity contribution in [2.24, 2.45) is 0 Å². The number of benzene rings is 2. The Morgan fingerprint density at radius 3 is 2.40 bits per heavy atom.